The van der Waals surface area contributed by atoms with E-state index < -0.39 is 11.9 Å². The van der Waals surface area contributed by atoms with Crippen LogP contribution in [0.2, 0.25) is 0 Å². The van der Waals surface area contributed by atoms with Crippen molar-refractivity contribution >= 4 is 11.9 Å². The summed E-state index contributed by atoms with van der Waals surface area (Å²) >= 11 is 0. The Morgan fingerprint density at radius 3 is 1.29 bits per heavy atom. The van der Waals surface area contributed by atoms with Crippen LogP contribution in [0.15, 0.2) is 0 Å². The van der Waals surface area contributed by atoms with Crippen LogP contribution in [0.4, 0.5) is 0 Å². The van der Waals surface area contributed by atoms with Gasteiger partial charge < -0.3 is 9.47 Å². The van der Waals surface area contributed by atoms with Crippen molar-refractivity contribution in [2.45, 2.75) is 48.0 Å². The van der Waals surface area contributed by atoms with E-state index in [0.717, 1.165) is 0 Å². The Morgan fingerprint density at radius 2 is 1.06 bits per heavy atom. The van der Waals surface area contributed by atoms with Crippen LogP contribution in [0.25, 0.3) is 0 Å². The number of hydrogen-bond acceptors (Lipinski definition) is 4. The Kier molecular flexibility index (Phi) is 5.66. The first-order chi connectivity index (χ1) is 7.49. The van der Waals surface area contributed by atoms with Crippen molar-refractivity contribution in [1.29, 1.82) is 0 Å². The van der Waals surface area contributed by atoms with E-state index in [1.54, 1.807) is 0 Å². The van der Waals surface area contributed by atoms with Gasteiger partial charge in [-0.05, 0) is 10.8 Å². The van der Waals surface area contributed by atoms with Gasteiger partial charge in [-0.15, -0.1) is 0 Å². The van der Waals surface area contributed by atoms with Crippen molar-refractivity contribution in [3.05, 3.63) is 0 Å². The first-order valence-electron chi connectivity index (χ1n) is 5.81. The average Bonchev–Trinajstić information content (AvgIpc) is 2.09. The molecule has 17 heavy (non-hydrogen) atoms. The minimum atomic E-state index is -0.529. The molecule has 0 bridgehead atoms. The summed E-state index contributed by atoms with van der Waals surface area (Å²) in [6, 6.07) is 0. The van der Waals surface area contributed by atoms with Crippen LogP contribution in [0.3, 0.4) is 0 Å². The number of carbonyl (C=O) groups excluding carboxylic acids is 2. The average molecular weight is 244 g/mol. The van der Waals surface area contributed by atoms with Gasteiger partial charge in [0.1, 0.15) is 6.42 Å². The summed E-state index contributed by atoms with van der Waals surface area (Å²) in [7, 11) is 0. The van der Waals surface area contributed by atoms with E-state index in [9.17, 15) is 9.59 Å². The van der Waals surface area contributed by atoms with Crippen molar-refractivity contribution in [2.75, 3.05) is 13.2 Å². The maximum absolute atomic E-state index is 11.3. The standard InChI is InChI=1S/C13H24O4/c1-12(2,3)8-16-10(14)7-11(15)17-9-13(4,5)6/h7-9H2,1-6H3. The van der Waals surface area contributed by atoms with Crippen LogP contribution in [-0.2, 0) is 19.1 Å². The van der Waals surface area contributed by atoms with Crippen molar-refractivity contribution in [3.8, 4) is 0 Å². The van der Waals surface area contributed by atoms with E-state index in [1.807, 2.05) is 41.5 Å². The lowest BCUT2D eigenvalue weighted by molar-refractivity contribution is -0.157. The molecule has 0 aromatic heterocycles. The lowest BCUT2D eigenvalue weighted by Gasteiger charge is -2.19. The molecule has 0 amide bonds. The Morgan fingerprint density at radius 1 is 0.765 bits per heavy atom. The molecule has 0 aromatic rings. The van der Waals surface area contributed by atoms with Gasteiger partial charge in [-0.25, -0.2) is 0 Å². The highest BCUT2D eigenvalue weighted by atomic mass is 16.6. The summed E-state index contributed by atoms with van der Waals surface area (Å²) < 4.78 is 9.94. The molecule has 0 saturated heterocycles. The fourth-order valence-corrected chi connectivity index (χ4v) is 0.814. The van der Waals surface area contributed by atoms with Gasteiger partial charge in [-0.3, -0.25) is 9.59 Å². The molecule has 0 heterocycles. The molecule has 0 fully saturated rings. The molecule has 100 valence electrons. The van der Waals surface area contributed by atoms with Crippen LogP contribution in [0.5, 0.6) is 0 Å². The lowest BCUT2D eigenvalue weighted by Crippen LogP contribution is -2.23. The fraction of sp³-hybridized carbons (Fsp3) is 0.846. The molecule has 0 rings (SSSR count). The molecule has 0 aromatic carbocycles. The molecule has 0 radical (unpaired) electrons. The maximum atomic E-state index is 11.3. The van der Waals surface area contributed by atoms with Crippen LogP contribution in [0.1, 0.15) is 48.0 Å². The third kappa shape index (κ3) is 11.2. The zero-order chi connectivity index (χ0) is 13.7. The van der Waals surface area contributed by atoms with Crippen LogP contribution < -0.4 is 0 Å². The second kappa shape index (κ2) is 6.03. The normalized spacial score (nSPS) is 12.1. The van der Waals surface area contributed by atoms with E-state index in [4.69, 9.17) is 9.47 Å². The van der Waals surface area contributed by atoms with E-state index in [2.05, 4.69) is 0 Å². The summed E-state index contributed by atoms with van der Waals surface area (Å²) in [5.74, 6) is -1.06. The molecule has 0 aliphatic heterocycles. The molecular formula is C13H24O4. The van der Waals surface area contributed by atoms with E-state index in [-0.39, 0.29) is 17.3 Å². The van der Waals surface area contributed by atoms with Crippen LogP contribution >= 0.6 is 0 Å². The lowest BCUT2D eigenvalue weighted by atomic mass is 9.99. The zero-order valence-electron chi connectivity index (χ0n) is 11.8. The minimum Gasteiger partial charge on any atom is -0.465 e. The maximum Gasteiger partial charge on any atom is 0.317 e. The highest BCUT2D eigenvalue weighted by molar-refractivity contribution is 5.91. The molecular weight excluding hydrogens is 220 g/mol. The Hall–Kier alpha value is -1.06. The molecule has 0 aliphatic carbocycles. The predicted octanol–water partition coefficient (Wildman–Crippen LogP) is 2.56. The first-order valence-corrected chi connectivity index (χ1v) is 5.81. The van der Waals surface area contributed by atoms with Gasteiger partial charge in [0.15, 0.2) is 0 Å². The van der Waals surface area contributed by atoms with Gasteiger partial charge in [-0.2, -0.15) is 0 Å². The second-order valence-corrected chi connectivity index (χ2v) is 6.62. The van der Waals surface area contributed by atoms with Gasteiger partial charge in [0.05, 0.1) is 13.2 Å². The molecule has 0 atom stereocenters. The molecule has 0 N–H and O–H groups in total. The summed E-state index contributed by atoms with van der Waals surface area (Å²) in [6.45, 7) is 12.3. The smallest absolute Gasteiger partial charge is 0.317 e. The van der Waals surface area contributed by atoms with Crippen molar-refractivity contribution in [1.82, 2.24) is 0 Å². The van der Waals surface area contributed by atoms with Gasteiger partial charge in [0.25, 0.3) is 0 Å². The monoisotopic (exact) mass is 244 g/mol. The minimum absolute atomic E-state index is 0.0923. The first kappa shape index (κ1) is 15.9. The van der Waals surface area contributed by atoms with Crippen molar-refractivity contribution in [2.24, 2.45) is 10.8 Å². The number of carbonyl (C=O) groups is 2. The zero-order valence-corrected chi connectivity index (χ0v) is 11.8. The predicted molar refractivity (Wildman–Crippen MR) is 65.4 cm³/mol. The van der Waals surface area contributed by atoms with Gasteiger partial charge in [-0.1, -0.05) is 41.5 Å². The van der Waals surface area contributed by atoms with E-state index >= 15 is 0 Å². The topological polar surface area (TPSA) is 52.6 Å². The molecule has 0 saturated carbocycles. The largest absolute Gasteiger partial charge is 0.465 e. The highest BCUT2D eigenvalue weighted by Gasteiger charge is 2.19. The highest BCUT2D eigenvalue weighted by Crippen LogP contribution is 2.14. The van der Waals surface area contributed by atoms with Crippen LogP contribution in [0, 0.1) is 10.8 Å². The van der Waals surface area contributed by atoms with E-state index in [0.29, 0.717) is 13.2 Å². The number of esters is 2. The molecule has 0 aliphatic rings. The van der Waals surface area contributed by atoms with Crippen molar-refractivity contribution < 1.29 is 19.1 Å². The number of ether oxygens (including phenoxy) is 2. The Balaban J connectivity index is 3.86. The summed E-state index contributed by atoms with van der Waals surface area (Å²) in [5, 5.41) is 0. The Labute approximate surface area is 104 Å². The second-order valence-electron chi connectivity index (χ2n) is 6.62. The molecule has 0 spiro atoms. The SMILES string of the molecule is CC(C)(C)COC(=O)CC(=O)OCC(C)(C)C. The molecule has 4 nitrogen and oxygen atoms in total. The van der Waals surface area contributed by atoms with Gasteiger partial charge in [0.2, 0.25) is 0 Å². The van der Waals surface area contributed by atoms with Crippen LogP contribution in [-0.4, -0.2) is 25.2 Å². The summed E-state index contributed by atoms with van der Waals surface area (Å²) in [6.07, 6.45) is -0.313. The molecule has 4 heteroatoms. The quantitative estimate of drug-likeness (QED) is 0.563. The number of rotatable bonds is 4. The summed E-state index contributed by atoms with van der Waals surface area (Å²) in [4.78, 5) is 22.6. The van der Waals surface area contributed by atoms with Crippen molar-refractivity contribution in [3.63, 3.8) is 0 Å². The number of hydrogen-bond donors (Lipinski definition) is 0. The van der Waals surface area contributed by atoms with Gasteiger partial charge in [0, 0.05) is 0 Å². The fourth-order valence-electron chi connectivity index (χ4n) is 0.814. The molecule has 0 unspecified atom stereocenters. The Bertz CT molecular complexity index is 240. The van der Waals surface area contributed by atoms with Gasteiger partial charge >= 0.3 is 11.9 Å². The third-order valence-electron chi connectivity index (χ3n) is 1.62. The van der Waals surface area contributed by atoms with E-state index in [1.165, 1.54) is 0 Å². The summed E-state index contributed by atoms with van der Waals surface area (Å²) in [5.41, 5.74) is -0.185. The third-order valence-corrected chi connectivity index (χ3v) is 1.62.